The van der Waals surface area contributed by atoms with Crippen LogP contribution in [0.4, 0.5) is 0 Å². The molecule has 7 aromatic rings. The summed E-state index contributed by atoms with van der Waals surface area (Å²) in [6.45, 7) is 4.98. The molecule has 0 saturated heterocycles. The molecule has 7 rings (SSSR count). The summed E-state index contributed by atoms with van der Waals surface area (Å²) >= 11 is 2.68. The Morgan fingerprint density at radius 2 is 0.924 bits per heavy atom. The molecule has 14 nitrogen and oxygen atoms in total. The Hall–Kier alpha value is -8.34. The van der Waals surface area contributed by atoms with Gasteiger partial charge in [-0.05, 0) is 120 Å². The molecule has 0 aliphatic rings. The van der Waals surface area contributed by atoms with Crippen molar-refractivity contribution < 1.29 is 69.2 Å². The van der Waals surface area contributed by atoms with Gasteiger partial charge in [0.15, 0.2) is 5.78 Å². The van der Waals surface area contributed by atoms with Gasteiger partial charge < -0.3 is 40.5 Å². The third kappa shape index (κ3) is 11.2. The van der Waals surface area contributed by atoms with Crippen molar-refractivity contribution in [1.29, 1.82) is 0 Å². The minimum Gasteiger partial charge on any atom is -0.508 e. The fraction of sp³-hybridized carbons (Fsp3) is 0.0400. The summed E-state index contributed by atoms with van der Waals surface area (Å²) in [7, 11) is 0. The molecule has 1 unspecified atom stereocenters. The number of ether oxygens (including phenoxy) is 1. The molecule has 66 heavy (non-hydrogen) atoms. The van der Waals surface area contributed by atoms with Crippen LogP contribution >= 0.6 is 23.5 Å². The molecule has 0 saturated carbocycles. The van der Waals surface area contributed by atoms with Crippen molar-refractivity contribution in [2.24, 2.45) is 0 Å². The second-order valence-corrected chi connectivity index (χ2v) is 16.5. The molecule has 0 aromatic heterocycles. The third-order valence-electron chi connectivity index (χ3n) is 9.85. The number of carbonyl (C=O) groups excluding carboxylic acids is 1. The van der Waals surface area contributed by atoms with E-state index in [9.17, 15) is 59.4 Å². The molecule has 0 aliphatic heterocycles. The van der Waals surface area contributed by atoms with Crippen LogP contribution in [0.25, 0.3) is 16.5 Å². The van der Waals surface area contributed by atoms with Crippen molar-refractivity contribution in [2.75, 3.05) is 0 Å². The van der Waals surface area contributed by atoms with Crippen LogP contribution in [-0.2, 0) is 0 Å². The van der Waals surface area contributed by atoms with E-state index in [4.69, 9.17) is 9.84 Å². The van der Waals surface area contributed by atoms with Crippen molar-refractivity contribution in [1.82, 2.24) is 0 Å². The van der Waals surface area contributed by atoms with Crippen LogP contribution in [0.5, 0.6) is 17.2 Å². The van der Waals surface area contributed by atoms with Crippen LogP contribution < -0.4 is 4.74 Å². The maximum atomic E-state index is 12.9. The maximum Gasteiger partial charge on any atom is 0.336 e. The number of carboxylic acids is 5. The number of aromatic hydroxyl groups is 1. The number of aliphatic hydroxyl groups excluding tert-OH is 1. The second kappa shape index (κ2) is 20.4. The van der Waals surface area contributed by atoms with Crippen LogP contribution in [0, 0.1) is 0 Å². The number of phenols is 1. The van der Waals surface area contributed by atoms with Gasteiger partial charge in [0.1, 0.15) is 23.0 Å². The van der Waals surface area contributed by atoms with E-state index in [0.717, 1.165) is 26.1 Å². The first-order valence-electron chi connectivity index (χ1n) is 19.4. The van der Waals surface area contributed by atoms with Gasteiger partial charge in [-0.15, -0.1) is 0 Å². The standard InChI is InChI=1S/C29H20O8S2.C21H16O6/c1-16(30)25-14-21(10-12-23(25)27(31)32)38-19-6-2-17(3-7-19)37-18-4-8-20(9-5-18)39-22-11-13-24(28(33)34)26(15-22)29(35)36;1-11(13-8-14(20(24)25)10-15(9-13)21(26)27)18(22)17-7-6-12-4-2-3-5-16(12)19(17)23/h2-15,30H,1H2,(H,31,32)(H,33,34)(H,35,36);2-11,23H,1H3,(H,24,25)(H,26,27). The third-order valence-corrected chi connectivity index (χ3v) is 11.8. The molecule has 0 radical (unpaired) electrons. The zero-order valence-electron chi connectivity index (χ0n) is 34.4. The van der Waals surface area contributed by atoms with Crippen molar-refractivity contribution >= 4 is 75.7 Å². The number of benzene rings is 7. The number of rotatable bonds is 15. The highest BCUT2D eigenvalue weighted by atomic mass is 32.2. The fourth-order valence-electron chi connectivity index (χ4n) is 6.51. The molecule has 0 amide bonds. The molecular weight excluding hydrogens is 889 g/mol. The molecular formula is C50H36O14S2. The van der Waals surface area contributed by atoms with Gasteiger partial charge >= 0.3 is 29.8 Å². The van der Waals surface area contributed by atoms with E-state index in [-0.39, 0.29) is 56.0 Å². The average Bonchev–Trinajstić information content (AvgIpc) is 3.29. The van der Waals surface area contributed by atoms with Crippen molar-refractivity contribution in [2.45, 2.75) is 32.4 Å². The van der Waals surface area contributed by atoms with E-state index >= 15 is 0 Å². The number of phenolic OH excluding ortho intramolecular Hbond substituents is 1. The number of fused-ring (bicyclic) bond motifs is 1. The number of hydrogen-bond acceptors (Lipinski definition) is 11. The predicted octanol–water partition coefficient (Wildman–Crippen LogP) is 11.3. The van der Waals surface area contributed by atoms with E-state index < -0.39 is 41.5 Å². The SMILES string of the molecule is C=C(O)c1cc(Sc2ccc(Oc3ccc(Sc4ccc(C(=O)O)c(C(=O)O)c4)cc3)cc2)ccc1C(=O)O.CC(C(=O)c1ccc2ccccc2c1O)c1cc(C(=O)O)cc(C(=O)O)c1. The highest BCUT2D eigenvalue weighted by Crippen LogP contribution is 2.36. The quantitative estimate of drug-likeness (QED) is 0.0373. The van der Waals surface area contributed by atoms with Crippen molar-refractivity contribution in [3.63, 3.8) is 0 Å². The Morgan fingerprint density at radius 3 is 1.39 bits per heavy atom. The number of hydrogen-bond donors (Lipinski definition) is 7. The molecule has 7 aromatic carbocycles. The zero-order chi connectivity index (χ0) is 47.8. The van der Waals surface area contributed by atoms with Gasteiger partial charge in [-0.1, -0.05) is 67.4 Å². The molecule has 0 aliphatic carbocycles. The minimum atomic E-state index is -1.31. The van der Waals surface area contributed by atoms with E-state index in [2.05, 4.69) is 6.58 Å². The van der Waals surface area contributed by atoms with E-state index in [1.54, 1.807) is 67.6 Å². The lowest BCUT2D eigenvalue weighted by atomic mass is 9.89. The van der Waals surface area contributed by atoms with Gasteiger partial charge in [-0.2, -0.15) is 0 Å². The van der Waals surface area contributed by atoms with Crippen molar-refractivity contribution in [3.8, 4) is 17.2 Å². The monoisotopic (exact) mass is 924 g/mol. The lowest BCUT2D eigenvalue weighted by Crippen LogP contribution is -2.12. The van der Waals surface area contributed by atoms with E-state index in [1.807, 2.05) is 36.4 Å². The average molecular weight is 925 g/mol. The van der Waals surface area contributed by atoms with Gasteiger partial charge in [0, 0.05) is 36.4 Å². The first-order chi connectivity index (χ1) is 31.4. The Morgan fingerprint density at radius 1 is 0.485 bits per heavy atom. The Labute approximate surface area is 383 Å². The number of aliphatic hydroxyl groups is 1. The molecule has 332 valence electrons. The summed E-state index contributed by atoms with van der Waals surface area (Å²) in [4.78, 5) is 72.5. The largest absolute Gasteiger partial charge is 0.508 e. The Balaban J connectivity index is 0.000000233. The highest BCUT2D eigenvalue weighted by Gasteiger charge is 2.24. The van der Waals surface area contributed by atoms with Crippen LogP contribution in [-0.4, -0.2) is 71.4 Å². The van der Waals surface area contributed by atoms with E-state index in [0.29, 0.717) is 21.8 Å². The second-order valence-electron chi connectivity index (χ2n) is 14.2. The van der Waals surface area contributed by atoms with Crippen LogP contribution in [0.15, 0.2) is 166 Å². The summed E-state index contributed by atoms with van der Waals surface area (Å²) in [5.74, 6) is -6.88. The van der Waals surface area contributed by atoms with Gasteiger partial charge in [-0.3, -0.25) is 4.79 Å². The summed E-state index contributed by atoms with van der Waals surface area (Å²) in [5, 5.41) is 67.7. The summed E-state index contributed by atoms with van der Waals surface area (Å²) in [6, 6.07) is 37.1. The lowest BCUT2D eigenvalue weighted by molar-refractivity contribution is 0.0651. The number of aromatic carboxylic acids is 5. The predicted molar refractivity (Wildman–Crippen MR) is 245 cm³/mol. The highest BCUT2D eigenvalue weighted by molar-refractivity contribution is 7.99. The number of carboxylic acid groups (broad SMARTS) is 5. The zero-order valence-corrected chi connectivity index (χ0v) is 36.0. The molecule has 0 fully saturated rings. The summed E-state index contributed by atoms with van der Waals surface area (Å²) < 4.78 is 5.90. The number of Topliss-reactive ketones (excluding diaryl/α,β-unsaturated/α-hetero) is 1. The summed E-state index contributed by atoms with van der Waals surface area (Å²) in [5.41, 5.74) is -0.486. The molecule has 1 atom stereocenters. The first-order valence-corrected chi connectivity index (χ1v) is 21.0. The molecule has 16 heteroatoms. The fourth-order valence-corrected chi connectivity index (χ4v) is 8.22. The molecule has 0 heterocycles. The first kappa shape index (κ1) is 47.1. The van der Waals surface area contributed by atoms with Gasteiger partial charge in [-0.25, -0.2) is 24.0 Å². The van der Waals surface area contributed by atoms with Crippen LogP contribution in [0.2, 0.25) is 0 Å². The van der Waals surface area contributed by atoms with Gasteiger partial charge in [0.05, 0.1) is 33.4 Å². The topological polar surface area (TPSA) is 253 Å². The van der Waals surface area contributed by atoms with Crippen LogP contribution in [0.1, 0.15) is 86.1 Å². The molecule has 7 N–H and O–H groups in total. The molecule has 0 bridgehead atoms. The van der Waals surface area contributed by atoms with E-state index in [1.165, 1.54) is 59.9 Å². The maximum absolute atomic E-state index is 12.9. The Bertz CT molecular complexity index is 2920. The van der Waals surface area contributed by atoms with Gasteiger partial charge in [0.2, 0.25) is 0 Å². The summed E-state index contributed by atoms with van der Waals surface area (Å²) in [6.07, 6.45) is 0. The molecule has 0 spiro atoms. The normalized spacial score (nSPS) is 11.1. The van der Waals surface area contributed by atoms with Crippen LogP contribution in [0.3, 0.4) is 0 Å². The lowest BCUT2D eigenvalue weighted by Gasteiger charge is -2.15. The Kier molecular flexibility index (Phi) is 14.6. The number of carbonyl (C=O) groups is 6. The van der Waals surface area contributed by atoms with Gasteiger partial charge in [0.25, 0.3) is 0 Å². The number of ketones is 1. The van der Waals surface area contributed by atoms with Crippen molar-refractivity contribution in [3.05, 3.63) is 191 Å². The smallest absolute Gasteiger partial charge is 0.336 e. The minimum absolute atomic E-state index is 0.0267.